The summed E-state index contributed by atoms with van der Waals surface area (Å²) in [4.78, 5) is 11.4. The van der Waals surface area contributed by atoms with Gasteiger partial charge < -0.3 is 19.3 Å². The van der Waals surface area contributed by atoms with Gasteiger partial charge in [-0.25, -0.2) is 4.79 Å². The molecule has 0 radical (unpaired) electrons. The number of carboxylic acid groups (broad SMARTS) is 1. The topological polar surface area (TPSA) is 65.0 Å². The molecule has 0 aromatic heterocycles. The van der Waals surface area contributed by atoms with Crippen LogP contribution >= 0.6 is 0 Å². The van der Waals surface area contributed by atoms with Crippen molar-refractivity contribution in [1.29, 1.82) is 0 Å². The molecule has 0 bridgehead atoms. The van der Waals surface area contributed by atoms with Crippen LogP contribution in [0, 0.1) is 5.41 Å². The molecular weight excluding hydrogens is 416 g/mol. The number of carboxylic acids is 1. The van der Waals surface area contributed by atoms with E-state index >= 15 is 0 Å². The number of hydrogen-bond donors (Lipinski definition) is 1. The number of unbranched alkanes of at least 4 members (excludes halogenated alkanes) is 7. The van der Waals surface area contributed by atoms with Crippen LogP contribution in [0.5, 0.6) is 5.75 Å². The highest BCUT2D eigenvalue weighted by atomic mass is 16.5. The molecule has 5 nitrogen and oxygen atoms in total. The van der Waals surface area contributed by atoms with E-state index in [2.05, 4.69) is 6.92 Å². The summed E-state index contributed by atoms with van der Waals surface area (Å²) in [5.74, 6) is -0.296. The van der Waals surface area contributed by atoms with E-state index in [9.17, 15) is 9.90 Å². The third-order valence-corrected chi connectivity index (χ3v) is 6.11. The van der Waals surface area contributed by atoms with Gasteiger partial charge in [-0.05, 0) is 36.6 Å². The number of hydrogen-bond acceptors (Lipinski definition) is 4. The zero-order valence-electron chi connectivity index (χ0n) is 19.9. The molecule has 1 heterocycles. The monoisotopic (exact) mass is 454 g/mol. The van der Waals surface area contributed by atoms with Crippen LogP contribution in [-0.2, 0) is 9.47 Å². The fourth-order valence-corrected chi connectivity index (χ4v) is 4.03. The molecule has 0 amide bonds. The minimum absolute atomic E-state index is 0.251. The zero-order valence-corrected chi connectivity index (χ0v) is 19.9. The first-order valence-electron chi connectivity index (χ1n) is 12.3. The SMILES string of the molecule is CC1(COCCCCCCCCCCOc2cc(C(=O)O)ccc2-c2ccccc2)COC1. The first-order chi connectivity index (χ1) is 16.1. The smallest absolute Gasteiger partial charge is 0.335 e. The lowest BCUT2D eigenvalue weighted by molar-refractivity contribution is -0.137. The number of benzene rings is 2. The highest BCUT2D eigenvalue weighted by molar-refractivity contribution is 5.89. The maximum absolute atomic E-state index is 11.4. The highest BCUT2D eigenvalue weighted by Crippen LogP contribution is 2.31. The Balaban J connectivity index is 1.26. The van der Waals surface area contributed by atoms with E-state index in [-0.39, 0.29) is 11.0 Å². The molecule has 2 aromatic rings. The maximum atomic E-state index is 11.4. The second-order valence-electron chi connectivity index (χ2n) is 9.42. The van der Waals surface area contributed by atoms with Crippen molar-refractivity contribution in [3.05, 3.63) is 54.1 Å². The van der Waals surface area contributed by atoms with Crippen molar-refractivity contribution in [2.45, 2.75) is 58.3 Å². The van der Waals surface area contributed by atoms with Crippen LogP contribution in [0.2, 0.25) is 0 Å². The van der Waals surface area contributed by atoms with E-state index in [4.69, 9.17) is 14.2 Å². The van der Waals surface area contributed by atoms with Gasteiger partial charge in [0.2, 0.25) is 0 Å². The standard InChI is InChI=1S/C28H38O5/c1-28(21-32-22-28)20-31-17-11-6-4-2-3-5-7-12-18-33-26-19-24(27(29)30)15-16-25(26)23-13-9-8-10-14-23/h8-10,13-16,19H,2-7,11-12,17-18,20-22H2,1H3,(H,29,30). The van der Waals surface area contributed by atoms with Gasteiger partial charge in [0.05, 0.1) is 32.0 Å². The minimum atomic E-state index is -0.937. The Labute approximate surface area is 198 Å². The average Bonchev–Trinajstić information content (AvgIpc) is 2.81. The van der Waals surface area contributed by atoms with E-state index < -0.39 is 5.97 Å². The maximum Gasteiger partial charge on any atom is 0.335 e. The molecule has 33 heavy (non-hydrogen) atoms. The lowest BCUT2D eigenvalue weighted by Crippen LogP contribution is -2.43. The van der Waals surface area contributed by atoms with Crippen LogP contribution in [0.25, 0.3) is 11.1 Å². The molecule has 1 aliphatic rings. The van der Waals surface area contributed by atoms with Crippen molar-refractivity contribution in [3.8, 4) is 16.9 Å². The van der Waals surface area contributed by atoms with Gasteiger partial charge in [-0.3, -0.25) is 0 Å². The first kappa shape index (κ1) is 25.3. The van der Waals surface area contributed by atoms with Gasteiger partial charge in [-0.15, -0.1) is 0 Å². The van der Waals surface area contributed by atoms with Crippen molar-refractivity contribution in [1.82, 2.24) is 0 Å². The summed E-state index contributed by atoms with van der Waals surface area (Å²) in [7, 11) is 0. The Morgan fingerprint density at radius 2 is 1.55 bits per heavy atom. The molecule has 1 saturated heterocycles. The second-order valence-corrected chi connectivity index (χ2v) is 9.42. The minimum Gasteiger partial charge on any atom is -0.493 e. The summed E-state index contributed by atoms with van der Waals surface area (Å²) < 4.78 is 17.0. The van der Waals surface area contributed by atoms with Crippen LogP contribution in [0.1, 0.15) is 68.6 Å². The summed E-state index contributed by atoms with van der Waals surface area (Å²) >= 11 is 0. The molecule has 180 valence electrons. The molecule has 0 aliphatic carbocycles. The van der Waals surface area contributed by atoms with Gasteiger partial charge in [-0.1, -0.05) is 75.8 Å². The van der Waals surface area contributed by atoms with Crippen molar-refractivity contribution in [3.63, 3.8) is 0 Å². The zero-order chi connectivity index (χ0) is 23.4. The molecule has 1 N–H and O–H groups in total. The van der Waals surface area contributed by atoms with Gasteiger partial charge in [0.15, 0.2) is 0 Å². The normalized spacial score (nSPS) is 14.6. The van der Waals surface area contributed by atoms with Gasteiger partial charge in [0, 0.05) is 17.6 Å². The summed E-state index contributed by atoms with van der Waals surface area (Å²) in [6, 6.07) is 15.0. The fourth-order valence-electron chi connectivity index (χ4n) is 4.03. The molecule has 1 aliphatic heterocycles. The number of ether oxygens (including phenoxy) is 3. The molecule has 0 unspecified atom stereocenters. The number of rotatable bonds is 16. The van der Waals surface area contributed by atoms with Crippen molar-refractivity contribution in [2.24, 2.45) is 5.41 Å². The predicted octanol–water partition coefficient (Wildman–Crippen LogP) is 6.60. The first-order valence-corrected chi connectivity index (χ1v) is 12.3. The van der Waals surface area contributed by atoms with E-state index in [1.807, 2.05) is 36.4 Å². The summed E-state index contributed by atoms with van der Waals surface area (Å²) in [6.07, 6.45) is 9.47. The van der Waals surface area contributed by atoms with Crippen molar-refractivity contribution >= 4 is 5.97 Å². The Hall–Kier alpha value is -2.37. The lowest BCUT2D eigenvalue weighted by Gasteiger charge is -2.37. The Kier molecular flexibility index (Phi) is 10.2. The molecule has 0 atom stereocenters. The summed E-state index contributed by atoms with van der Waals surface area (Å²) in [5.41, 5.74) is 2.47. The highest BCUT2D eigenvalue weighted by Gasteiger charge is 2.33. The quantitative estimate of drug-likeness (QED) is 0.289. The van der Waals surface area contributed by atoms with Gasteiger partial charge in [-0.2, -0.15) is 0 Å². The molecule has 2 aromatic carbocycles. The molecule has 0 saturated carbocycles. The predicted molar refractivity (Wildman–Crippen MR) is 131 cm³/mol. The summed E-state index contributed by atoms with van der Waals surface area (Å²) in [5, 5.41) is 9.32. The number of carbonyl (C=O) groups is 1. The fraction of sp³-hybridized carbons (Fsp3) is 0.536. The van der Waals surface area contributed by atoms with E-state index in [1.165, 1.54) is 32.1 Å². The van der Waals surface area contributed by atoms with Gasteiger partial charge in [0.25, 0.3) is 0 Å². The van der Waals surface area contributed by atoms with Crippen LogP contribution in [-0.4, -0.2) is 44.1 Å². The second kappa shape index (κ2) is 13.4. The Bertz CT molecular complexity index is 845. The van der Waals surface area contributed by atoms with Crippen molar-refractivity contribution in [2.75, 3.05) is 33.0 Å². The largest absolute Gasteiger partial charge is 0.493 e. The third-order valence-electron chi connectivity index (χ3n) is 6.11. The van der Waals surface area contributed by atoms with E-state index in [0.29, 0.717) is 12.4 Å². The van der Waals surface area contributed by atoms with Crippen LogP contribution < -0.4 is 4.74 Å². The Morgan fingerprint density at radius 1 is 0.909 bits per heavy atom. The molecule has 0 spiro atoms. The van der Waals surface area contributed by atoms with E-state index in [0.717, 1.165) is 56.8 Å². The average molecular weight is 455 g/mol. The third kappa shape index (κ3) is 8.49. The molecule has 5 heteroatoms. The van der Waals surface area contributed by atoms with Crippen LogP contribution in [0.3, 0.4) is 0 Å². The lowest BCUT2D eigenvalue weighted by atomic mass is 9.90. The van der Waals surface area contributed by atoms with Crippen LogP contribution in [0.4, 0.5) is 0 Å². The van der Waals surface area contributed by atoms with Crippen LogP contribution in [0.15, 0.2) is 48.5 Å². The van der Waals surface area contributed by atoms with Crippen molar-refractivity contribution < 1.29 is 24.1 Å². The molecular formula is C28H38O5. The number of aromatic carboxylic acids is 1. The summed E-state index contributed by atoms with van der Waals surface area (Å²) in [6.45, 7) is 6.17. The van der Waals surface area contributed by atoms with Gasteiger partial charge >= 0.3 is 5.97 Å². The van der Waals surface area contributed by atoms with Gasteiger partial charge in [0.1, 0.15) is 5.75 Å². The Morgan fingerprint density at radius 3 is 2.15 bits per heavy atom. The molecule has 3 rings (SSSR count). The molecule has 1 fully saturated rings. The van der Waals surface area contributed by atoms with E-state index in [1.54, 1.807) is 12.1 Å².